The Kier molecular flexibility index (Phi) is 1.59. The van der Waals surface area contributed by atoms with Crippen LogP contribution in [0.15, 0.2) is 30.5 Å². The van der Waals surface area contributed by atoms with Crippen molar-refractivity contribution in [2.45, 2.75) is 6.92 Å². The maximum atomic E-state index is 11.3. The minimum absolute atomic E-state index is 0.616. The fourth-order valence-corrected chi connectivity index (χ4v) is 1.40. The molecule has 0 saturated heterocycles. The number of nitrogens with two attached hydrogens (primary N) is 1. The molecule has 0 aliphatic carbocycles. The van der Waals surface area contributed by atoms with Gasteiger partial charge in [-0.05, 0) is 18.6 Å². The molecule has 0 unspecified atom stereocenters. The van der Waals surface area contributed by atoms with E-state index in [2.05, 4.69) is 0 Å². The zero-order valence-electron chi connectivity index (χ0n) is 7.32. The number of benzene rings is 1. The Bertz CT molecular complexity index is 466. The number of aromatic nitrogens is 1. The van der Waals surface area contributed by atoms with Crippen molar-refractivity contribution in [1.82, 2.24) is 0 Å². The van der Waals surface area contributed by atoms with E-state index in [4.69, 9.17) is 5.73 Å². The maximum Gasteiger partial charge on any atom is 0.225 e. The molecule has 0 radical (unpaired) electrons. The zero-order valence-corrected chi connectivity index (χ0v) is 7.32. The van der Waals surface area contributed by atoms with Crippen LogP contribution in [0.4, 0.5) is 5.69 Å². The summed E-state index contributed by atoms with van der Waals surface area (Å²) >= 11 is 0. The molecule has 0 spiro atoms. The Labute approximate surface area is 76.0 Å². The third-order valence-corrected chi connectivity index (χ3v) is 2.20. The molecule has 0 aliphatic rings. The Balaban J connectivity index is 2.94. The third-order valence-electron chi connectivity index (χ3n) is 2.20. The lowest BCUT2D eigenvalue weighted by Crippen LogP contribution is -2.25. The van der Waals surface area contributed by atoms with Gasteiger partial charge < -0.3 is 10.9 Å². The van der Waals surface area contributed by atoms with E-state index in [-0.39, 0.29) is 0 Å². The Morgan fingerprint density at radius 1 is 1.31 bits per heavy atom. The predicted octanol–water partition coefficient (Wildman–Crippen LogP) is 1.36. The molecule has 3 nitrogen and oxygen atoms in total. The fraction of sp³-hybridized carbons (Fsp3) is 0.100. The van der Waals surface area contributed by atoms with Gasteiger partial charge in [0.05, 0.1) is 5.39 Å². The number of hydrogen-bond donors (Lipinski definition) is 1. The lowest BCUT2D eigenvalue weighted by molar-refractivity contribution is -0.577. The second-order valence-electron chi connectivity index (χ2n) is 3.06. The van der Waals surface area contributed by atoms with Crippen LogP contribution in [-0.2, 0) is 0 Å². The molecule has 0 saturated carbocycles. The lowest BCUT2D eigenvalue weighted by atomic mass is 10.1. The highest BCUT2D eigenvalue weighted by atomic mass is 16.5. The summed E-state index contributed by atoms with van der Waals surface area (Å²) in [6.07, 6.45) is 1.47. The van der Waals surface area contributed by atoms with Crippen molar-refractivity contribution >= 4 is 16.6 Å². The van der Waals surface area contributed by atoms with E-state index in [1.165, 1.54) is 6.20 Å². The second kappa shape index (κ2) is 2.62. The lowest BCUT2D eigenvalue weighted by Gasteiger charge is -2.05. The SMILES string of the molecule is Cc1ccc2c(ccc[n+]2[O-])c1N. The monoisotopic (exact) mass is 174 g/mol. The van der Waals surface area contributed by atoms with Gasteiger partial charge in [-0.1, -0.05) is 6.07 Å². The molecule has 1 aromatic heterocycles. The molecular formula is C10H10N2O. The number of anilines is 1. The van der Waals surface area contributed by atoms with Crippen molar-refractivity contribution in [2.75, 3.05) is 5.73 Å². The number of hydrogen-bond acceptors (Lipinski definition) is 2. The molecule has 13 heavy (non-hydrogen) atoms. The van der Waals surface area contributed by atoms with E-state index >= 15 is 0 Å². The number of pyridine rings is 1. The summed E-state index contributed by atoms with van der Waals surface area (Å²) in [4.78, 5) is 0. The second-order valence-corrected chi connectivity index (χ2v) is 3.06. The highest BCUT2D eigenvalue weighted by Crippen LogP contribution is 2.21. The summed E-state index contributed by atoms with van der Waals surface area (Å²) in [5, 5.41) is 12.1. The van der Waals surface area contributed by atoms with Gasteiger partial charge in [-0.15, -0.1) is 0 Å². The van der Waals surface area contributed by atoms with Gasteiger partial charge in [0.1, 0.15) is 0 Å². The highest BCUT2D eigenvalue weighted by Gasteiger charge is 2.06. The number of aryl methyl sites for hydroxylation is 1. The van der Waals surface area contributed by atoms with Crippen molar-refractivity contribution < 1.29 is 4.73 Å². The van der Waals surface area contributed by atoms with Crippen molar-refractivity contribution in [3.05, 3.63) is 41.2 Å². The number of nitrogen functional groups attached to an aromatic ring is 1. The van der Waals surface area contributed by atoms with E-state index in [0.29, 0.717) is 11.2 Å². The van der Waals surface area contributed by atoms with Crippen LogP contribution in [-0.4, -0.2) is 0 Å². The van der Waals surface area contributed by atoms with Crippen LogP contribution in [0.3, 0.4) is 0 Å². The summed E-state index contributed by atoms with van der Waals surface area (Å²) in [6, 6.07) is 7.19. The Hall–Kier alpha value is -1.77. The number of rotatable bonds is 0. The van der Waals surface area contributed by atoms with Gasteiger partial charge >= 0.3 is 0 Å². The molecule has 0 atom stereocenters. The van der Waals surface area contributed by atoms with E-state index in [0.717, 1.165) is 15.7 Å². The van der Waals surface area contributed by atoms with Gasteiger partial charge in [-0.2, -0.15) is 4.73 Å². The predicted molar refractivity (Wildman–Crippen MR) is 52.1 cm³/mol. The van der Waals surface area contributed by atoms with Crippen LogP contribution < -0.4 is 10.5 Å². The number of fused-ring (bicyclic) bond motifs is 1. The first-order chi connectivity index (χ1) is 6.20. The van der Waals surface area contributed by atoms with Crippen LogP contribution in [0.2, 0.25) is 0 Å². The van der Waals surface area contributed by atoms with Crippen LogP contribution >= 0.6 is 0 Å². The molecule has 1 aromatic carbocycles. The summed E-state index contributed by atoms with van der Waals surface area (Å²) in [6.45, 7) is 1.93. The quantitative estimate of drug-likeness (QED) is 0.372. The summed E-state index contributed by atoms with van der Waals surface area (Å²) in [7, 11) is 0. The average molecular weight is 174 g/mol. The fourth-order valence-electron chi connectivity index (χ4n) is 1.40. The first-order valence-corrected chi connectivity index (χ1v) is 4.07. The third kappa shape index (κ3) is 1.09. The largest absolute Gasteiger partial charge is 0.618 e. The molecule has 0 aliphatic heterocycles. The highest BCUT2D eigenvalue weighted by molar-refractivity contribution is 5.89. The smallest absolute Gasteiger partial charge is 0.225 e. The maximum absolute atomic E-state index is 11.3. The van der Waals surface area contributed by atoms with Gasteiger partial charge in [0.15, 0.2) is 6.20 Å². The number of nitrogens with zero attached hydrogens (tertiary/aromatic N) is 1. The molecule has 66 valence electrons. The molecular weight excluding hydrogens is 164 g/mol. The zero-order chi connectivity index (χ0) is 9.42. The standard InChI is InChI=1S/C10H10N2O/c1-7-4-5-9-8(10(7)11)3-2-6-12(9)13/h2-6H,11H2,1H3. The van der Waals surface area contributed by atoms with E-state index in [9.17, 15) is 5.21 Å². The molecule has 2 aromatic rings. The minimum atomic E-state index is 0.616. The Morgan fingerprint density at radius 2 is 2.08 bits per heavy atom. The van der Waals surface area contributed by atoms with Crippen molar-refractivity contribution in [3.8, 4) is 0 Å². The van der Waals surface area contributed by atoms with E-state index in [1.54, 1.807) is 12.1 Å². The first-order valence-electron chi connectivity index (χ1n) is 4.07. The average Bonchev–Trinajstić information content (AvgIpc) is 2.12. The van der Waals surface area contributed by atoms with E-state index < -0.39 is 0 Å². The summed E-state index contributed by atoms with van der Waals surface area (Å²) in [5.41, 5.74) is 8.13. The molecule has 3 heteroatoms. The van der Waals surface area contributed by atoms with Crippen molar-refractivity contribution in [1.29, 1.82) is 0 Å². The van der Waals surface area contributed by atoms with Gasteiger partial charge in [0.2, 0.25) is 5.52 Å². The van der Waals surface area contributed by atoms with Gasteiger partial charge in [-0.25, -0.2) is 0 Å². The summed E-state index contributed by atoms with van der Waals surface area (Å²) in [5.74, 6) is 0. The van der Waals surface area contributed by atoms with Gasteiger partial charge in [-0.3, -0.25) is 0 Å². The molecule has 2 rings (SSSR count). The Morgan fingerprint density at radius 3 is 2.85 bits per heavy atom. The normalized spacial score (nSPS) is 10.5. The van der Waals surface area contributed by atoms with Crippen LogP contribution in [0, 0.1) is 12.1 Å². The first kappa shape index (κ1) is 7.86. The molecule has 1 heterocycles. The summed E-state index contributed by atoms with van der Waals surface area (Å²) < 4.78 is 0.825. The van der Waals surface area contributed by atoms with Crippen molar-refractivity contribution in [2.24, 2.45) is 0 Å². The molecule has 2 N–H and O–H groups in total. The van der Waals surface area contributed by atoms with Crippen LogP contribution in [0.25, 0.3) is 10.9 Å². The topological polar surface area (TPSA) is 53.0 Å². The minimum Gasteiger partial charge on any atom is -0.618 e. The van der Waals surface area contributed by atoms with Crippen LogP contribution in [0.5, 0.6) is 0 Å². The van der Waals surface area contributed by atoms with Crippen molar-refractivity contribution in [3.63, 3.8) is 0 Å². The molecule has 0 amide bonds. The van der Waals surface area contributed by atoms with E-state index in [1.807, 2.05) is 19.1 Å². The van der Waals surface area contributed by atoms with Crippen LogP contribution in [0.1, 0.15) is 5.56 Å². The molecule has 0 bridgehead atoms. The molecule has 0 fully saturated rings. The van der Waals surface area contributed by atoms with Gasteiger partial charge in [0.25, 0.3) is 0 Å². The van der Waals surface area contributed by atoms with Gasteiger partial charge in [0, 0.05) is 17.8 Å².